The van der Waals surface area contributed by atoms with E-state index in [4.69, 9.17) is 0 Å². The number of anilines is 3. The van der Waals surface area contributed by atoms with Crippen LogP contribution in [0.15, 0.2) is 188 Å². The Bertz CT molecular complexity index is 3550. The van der Waals surface area contributed by atoms with Crippen molar-refractivity contribution in [3.05, 3.63) is 221 Å². The van der Waals surface area contributed by atoms with Crippen LogP contribution < -0.4 is 4.90 Å². The van der Waals surface area contributed by atoms with Gasteiger partial charge in [-0.15, -0.1) is 0 Å². The minimum atomic E-state index is -0.238. The van der Waals surface area contributed by atoms with Gasteiger partial charge in [0.1, 0.15) is 0 Å². The molecular formula is C63H52N2. The minimum Gasteiger partial charge on any atom is -0.310 e. The van der Waals surface area contributed by atoms with Crippen LogP contribution in [0.3, 0.4) is 0 Å². The zero-order valence-electron chi connectivity index (χ0n) is 38.1. The molecule has 1 heterocycles. The summed E-state index contributed by atoms with van der Waals surface area (Å²) >= 11 is 0. The Morgan fingerprint density at radius 1 is 0.415 bits per heavy atom. The molecule has 8 aromatic carbocycles. The van der Waals surface area contributed by atoms with Crippen LogP contribution in [-0.2, 0) is 16.2 Å². The van der Waals surface area contributed by atoms with Crippen LogP contribution in [0.5, 0.6) is 0 Å². The van der Waals surface area contributed by atoms with Crippen LogP contribution in [0.2, 0.25) is 0 Å². The normalized spacial score (nSPS) is 16.6. The fraction of sp³-hybridized carbons (Fsp3) is 0.175. The van der Waals surface area contributed by atoms with Crippen molar-refractivity contribution < 1.29 is 0 Å². The van der Waals surface area contributed by atoms with Crippen LogP contribution >= 0.6 is 0 Å². The summed E-state index contributed by atoms with van der Waals surface area (Å²) in [5.41, 5.74) is 26.0. The molecule has 1 aromatic heterocycles. The number of allylic oxidation sites excluding steroid dienone is 4. The molecule has 13 rings (SSSR count). The van der Waals surface area contributed by atoms with Gasteiger partial charge < -0.3 is 9.47 Å². The molecular weight excluding hydrogens is 785 g/mol. The summed E-state index contributed by atoms with van der Waals surface area (Å²) in [6.45, 7) is 14.4. The van der Waals surface area contributed by atoms with E-state index in [1.165, 1.54) is 117 Å². The van der Waals surface area contributed by atoms with E-state index < -0.39 is 0 Å². The molecule has 0 aliphatic heterocycles. The summed E-state index contributed by atoms with van der Waals surface area (Å²) in [5.74, 6) is 0. The van der Waals surface area contributed by atoms with E-state index >= 15 is 0 Å². The summed E-state index contributed by atoms with van der Waals surface area (Å²) < 4.78 is 2.52. The zero-order chi connectivity index (χ0) is 44.0. The SMILES string of the molecule is CC1(C)C2=C(CCC=C2)c2ccc(N(c3ccc(-c4ccccc4)cc3)c3ccc4c(c3)C(C)(C)c3cc(-n5c6ccccc6c6cc7c(cc65)C(C)(C)c5ccccc5-7)ccc3-4)cc21. The first-order valence-corrected chi connectivity index (χ1v) is 23.5. The topological polar surface area (TPSA) is 8.17 Å². The highest BCUT2D eigenvalue weighted by molar-refractivity contribution is 6.12. The van der Waals surface area contributed by atoms with Gasteiger partial charge in [-0.1, -0.05) is 157 Å². The molecule has 0 radical (unpaired) electrons. The van der Waals surface area contributed by atoms with Gasteiger partial charge in [-0.25, -0.2) is 0 Å². The molecule has 0 bridgehead atoms. The summed E-state index contributed by atoms with van der Waals surface area (Å²) in [6, 6.07) is 64.4. The summed E-state index contributed by atoms with van der Waals surface area (Å²) in [4.78, 5) is 2.49. The molecule has 2 nitrogen and oxygen atoms in total. The van der Waals surface area contributed by atoms with E-state index in [2.05, 4.69) is 233 Å². The summed E-state index contributed by atoms with van der Waals surface area (Å²) in [5, 5.41) is 2.60. The maximum atomic E-state index is 2.52. The second-order valence-electron chi connectivity index (χ2n) is 20.5. The molecule has 4 aliphatic rings. The third-order valence-electron chi connectivity index (χ3n) is 15.9. The van der Waals surface area contributed by atoms with E-state index in [1.807, 2.05) is 0 Å². The number of fused-ring (bicyclic) bond motifs is 11. The van der Waals surface area contributed by atoms with Gasteiger partial charge in [-0.05, 0) is 157 Å². The van der Waals surface area contributed by atoms with E-state index in [1.54, 1.807) is 0 Å². The Balaban J connectivity index is 0.938. The lowest BCUT2D eigenvalue weighted by atomic mass is 9.80. The molecule has 0 fully saturated rings. The molecule has 0 saturated heterocycles. The zero-order valence-corrected chi connectivity index (χ0v) is 38.1. The molecule has 314 valence electrons. The second kappa shape index (κ2) is 13.4. The molecule has 0 spiro atoms. The monoisotopic (exact) mass is 836 g/mol. The number of rotatable bonds is 5. The van der Waals surface area contributed by atoms with Gasteiger partial charge in [0.2, 0.25) is 0 Å². The number of nitrogens with zero attached hydrogens (tertiary/aromatic N) is 2. The third-order valence-corrected chi connectivity index (χ3v) is 15.9. The van der Waals surface area contributed by atoms with Crippen molar-refractivity contribution in [3.63, 3.8) is 0 Å². The van der Waals surface area contributed by atoms with Crippen molar-refractivity contribution in [2.24, 2.45) is 0 Å². The van der Waals surface area contributed by atoms with E-state index in [0.29, 0.717) is 0 Å². The standard InChI is InChI=1S/C63H52N2/c1-61(2)53-21-13-10-18-45(53)47-31-28-42(34-55(47)61)64(41-26-24-40(25-27-41)39-16-8-7-9-17-39)43-29-32-48-49-33-30-44(36-57(49)63(5,6)56(48)35-43)65-59-23-15-12-20-50(59)52-37-51-46-19-11-14-22-54(46)62(3,4)58(51)38-60(52)65/h7-9,11-17,19-38H,10,18H2,1-6H3. The number of hydrogen-bond donors (Lipinski definition) is 0. The van der Waals surface area contributed by atoms with Gasteiger partial charge in [0.05, 0.1) is 11.0 Å². The minimum absolute atomic E-state index is 0.0582. The van der Waals surface area contributed by atoms with Crippen LogP contribution in [0.25, 0.3) is 66.4 Å². The van der Waals surface area contributed by atoms with Gasteiger partial charge in [0.15, 0.2) is 0 Å². The van der Waals surface area contributed by atoms with Crippen LogP contribution in [-0.4, -0.2) is 4.57 Å². The van der Waals surface area contributed by atoms with Gasteiger partial charge in [-0.2, -0.15) is 0 Å². The van der Waals surface area contributed by atoms with Crippen molar-refractivity contribution in [1.29, 1.82) is 0 Å². The Labute approximate surface area is 382 Å². The Morgan fingerprint density at radius 3 is 1.78 bits per heavy atom. The smallest absolute Gasteiger partial charge is 0.0544 e. The third kappa shape index (κ3) is 5.34. The molecule has 0 unspecified atom stereocenters. The molecule has 0 atom stereocenters. The van der Waals surface area contributed by atoms with Crippen molar-refractivity contribution in [3.8, 4) is 39.1 Å². The predicted octanol–water partition coefficient (Wildman–Crippen LogP) is 16.9. The average molecular weight is 837 g/mol. The molecule has 65 heavy (non-hydrogen) atoms. The number of hydrogen-bond acceptors (Lipinski definition) is 1. The molecule has 0 N–H and O–H groups in total. The molecule has 9 aromatic rings. The Morgan fingerprint density at radius 2 is 1.00 bits per heavy atom. The van der Waals surface area contributed by atoms with Crippen molar-refractivity contribution in [2.45, 2.75) is 70.6 Å². The van der Waals surface area contributed by atoms with Gasteiger partial charge in [0, 0.05) is 49.8 Å². The molecule has 0 saturated carbocycles. The molecule has 0 amide bonds. The van der Waals surface area contributed by atoms with Gasteiger partial charge in [-0.3, -0.25) is 0 Å². The summed E-state index contributed by atoms with van der Waals surface area (Å²) in [6.07, 6.45) is 6.96. The quantitative estimate of drug-likeness (QED) is 0.168. The van der Waals surface area contributed by atoms with E-state index in [9.17, 15) is 0 Å². The molecule has 4 aliphatic carbocycles. The molecule has 2 heteroatoms. The highest BCUT2D eigenvalue weighted by Gasteiger charge is 2.40. The lowest BCUT2D eigenvalue weighted by molar-refractivity contribution is 0.651. The fourth-order valence-electron chi connectivity index (χ4n) is 12.4. The van der Waals surface area contributed by atoms with Gasteiger partial charge in [0.25, 0.3) is 0 Å². The van der Waals surface area contributed by atoms with Crippen LogP contribution in [0.4, 0.5) is 17.1 Å². The van der Waals surface area contributed by atoms with E-state index in [0.717, 1.165) is 18.5 Å². The first kappa shape index (κ1) is 38.3. The second-order valence-corrected chi connectivity index (χ2v) is 20.5. The number of benzene rings is 8. The maximum Gasteiger partial charge on any atom is 0.0544 e. The largest absolute Gasteiger partial charge is 0.310 e. The first-order chi connectivity index (χ1) is 31.5. The fourth-order valence-corrected chi connectivity index (χ4v) is 12.4. The van der Waals surface area contributed by atoms with Crippen molar-refractivity contribution >= 4 is 44.4 Å². The van der Waals surface area contributed by atoms with Crippen LogP contribution in [0, 0.1) is 0 Å². The highest BCUT2D eigenvalue weighted by Crippen LogP contribution is 2.55. The van der Waals surface area contributed by atoms with Crippen molar-refractivity contribution in [1.82, 2.24) is 4.57 Å². The lowest BCUT2D eigenvalue weighted by Crippen LogP contribution is -2.18. The van der Waals surface area contributed by atoms with Crippen molar-refractivity contribution in [2.75, 3.05) is 4.90 Å². The van der Waals surface area contributed by atoms with Crippen LogP contribution in [0.1, 0.15) is 87.8 Å². The maximum absolute atomic E-state index is 2.52. The number of para-hydroxylation sites is 1. The van der Waals surface area contributed by atoms with E-state index in [-0.39, 0.29) is 16.2 Å². The predicted molar refractivity (Wildman–Crippen MR) is 274 cm³/mol. The Kier molecular flexibility index (Phi) is 7.92. The first-order valence-electron chi connectivity index (χ1n) is 23.5. The highest BCUT2D eigenvalue weighted by atomic mass is 15.1. The average Bonchev–Trinajstić information content (AvgIpc) is 3.94. The lowest BCUT2D eigenvalue weighted by Gasteiger charge is -2.30. The summed E-state index contributed by atoms with van der Waals surface area (Å²) in [7, 11) is 0. The number of aromatic nitrogens is 1. The Hall–Kier alpha value is -7.16. The van der Waals surface area contributed by atoms with Gasteiger partial charge >= 0.3 is 0 Å².